The van der Waals surface area contributed by atoms with Gasteiger partial charge in [0.1, 0.15) is 18.2 Å². The average Bonchev–Trinajstić information content (AvgIpc) is 2.47. The van der Waals surface area contributed by atoms with Gasteiger partial charge in [0.05, 0.1) is 12.8 Å². The predicted molar refractivity (Wildman–Crippen MR) is 72.2 cm³/mol. The van der Waals surface area contributed by atoms with E-state index in [4.69, 9.17) is 25.8 Å². The fraction of sp³-hybridized carbons (Fsp3) is 0.214. The van der Waals surface area contributed by atoms with Gasteiger partial charge in [0, 0.05) is 5.56 Å². The summed E-state index contributed by atoms with van der Waals surface area (Å²) in [6.45, 7) is 1.10. The van der Waals surface area contributed by atoms with Gasteiger partial charge in [-0.1, -0.05) is 17.7 Å². The van der Waals surface area contributed by atoms with Crippen molar-refractivity contribution in [2.45, 2.75) is 0 Å². The van der Waals surface area contributed by atoms with Crippen LogP contribution in [-0.4, -0.2) is 25.3 Å². The Balaban J connectivity index is 2.12. The molecule has 5 heteroatoms. The largest absolute Gasteiger partial charge is 0.486 e. The van der Waals surface area contributed by atoms with Crippen LogP contribution in [0.1, 0.15) is 0 Å². The Bertz CT molecular complexity index is 616. The number of ether oxygens (including phenoxy) is 3. The smallest absolute Gasteiger partial charge is 0.232 e. The standard InChI is InChI=1S/C14H12ClNO3/c1-17-14-10(15)5-6-11(16-14)9-3-2-4-12-13(9)19-8-7-18-12/h2-6H,7-8H2,1H3. The summed E-state index contributed by atoms with van der Waals surface area (Å²) in [4.78, 5) is 4.38. The Labute approximate surface area is 115 Å². The third-order valence-corrected chi connectivity index (χ3v) is 3.14. The minimum atomic E-state index is 0.397. The molecule has 0 fully saturated rings. The van der Waals surface area contributed by atoms with E-state index in [1.165, 1.54) is 7.11 Å². The molecule has 4 nitrogen and oxygen atoms in total. The molecule has 0 bridgehead atoms. The van der Waals surface area contributed by atoms with Gasteiger partial charge in [-0.2, -0.15) is 0 Å². The van der Waals surface area contributed by atoms with E-state index in [2.05, 4.69) is 4.98 Å². The summed E-state index contributed by atoms with van der Waals surface area (Å²) in [5.41, 5.74) is 1.61. The molecule has 1 aliphatic rings. The maximum Gasteiger partial charge on any atom is 0.232 e. The summed E-state index contributed by atoms with van der Waals surface area (Å²) in [6.07, 6.45) is 0. The predicted octanol–water partition coefficient (Wildman–Crippen LogP) is 3.18. The number of methoxy groups -OCH3 is 1. The number of halogens is 1. The molecule has 2 aromatic rings. The van der Waals surface area contributed by atoms with Crippen molar-refractivity contribution in [1.82, 2.24) is 4.98 Å². The van der Waals surface area contributed by atoms with E-state index >= 15 is 0 Å². The summed E-state index contributed by atoms with van der Waals surface area (Å²) in [5, 5.41) is 0.480. The number of pyridine rings is 1. The highest BCUT2D eigenvalue weighted by Gasteiger charge is 2.18. The Hall–Kier alpha value is -1.94. The number of rotatable bonds is 2. The van der Waals surface area contributed by atoms with Crippen molar-refractivity contribution >= 4 is 11.6 Å². The molecule has 0 amide bonds. The van der Waals surface area contributed by atoms with Crippen LogP contribution in [0.2, 0.25) is 5.02 Å². The molecule has 1 aromatic carbocycles. The van der Waals surface area contributed by atoms with E-state index < -0.39 is 0 Å². The summed E-state index contributed by atoms with van der Waals surface area (Å²) >= 11 is 5.98. The van der Waals surface area contributed by atoms with Gasteiger partial charge >= 0.3 is 0 Å². The van der Waals surface area contributed by atoms with Crippen molar-refractivity contribution in [2.24, 2.45) is 0 Å². The van der Waals surface area contributed by atoms with E-state index in [9.17, 15) is 0 Å². The lowest BCUT2D eigenvalue weighted by atomic mass is 10.1. The fourth-order valence-corrected chi connectivity index (χ4v) is 2.17. The molecule has 1 aromatic heterocycles. The van der Waals surface area contributed by atoms with E-state index in [0.29, 0.717) is 29.9 Å². The minimum absolute atomic E-state index is 0.397. The first kappa shape index (κ1) is 12.1. The summed E-state index contributed by atoms with van der Waals surface area (Å²) in [5.74, 6) is 1.85. The molecule has 3 rings (SSSR count). The Morgan fingerprint density at radius 3 is 2.84 bits per heavy atom. The van der Waals surface area contributed by atoms with Crippen LogP contribution in [0, 0.1) is 0 Å². The van der Waals surface area contributed by atoms with Crippen molar-refractivity contribution in [3.05, 3.63) is 35.4 Å². The number of aromatic nitrogens is 1. The SMILES string of the molecule is COc1nc(-c2cccc3c2OCCO3)ccc1Cl. The molecule has 0 spiro atoms. The van der Waals surface area contributed by atoms with Crippen LogP contribution in [-0.2, 0) is 0 Å². The molecule has 0 unspecified atom stereocenters. The van der Waals surface area contributed by atoms with Gasteiger partial charge in [0.2, 0.25) is 5.88 Å². The van der Waals surface area contributed by atoms with Gasteiger partial charge in [0.15, 0.2) is 11.5 Å². The van der Waals surface area contributed by atoms with Crippen LogP contribution in [0.25, 0.3) is 11.3 Å². The quantitative estimate of drug-likeness (QED) is 0.845. The molecule has 19 heavy (non-hydrogen) atoms. The van der Waals surface area contributed by atoms with E-state index in [1.54, 1.807) is 6.07 Å². The number of hydrogen-bond acceptors (Lipinski definition) is 4. The van der Waals surface area contributed by atoms with Crippen LogP contribution in [0.4, 0.5) is 0 Å². The Morgan fingerprint density at radius 2 is 2.00 bits per heavy atom. The number of nitrogens with zero attached hydrogens (tertiary/aromatic N) is 1. The van der Waals surface area contributed by atoms with Crippen LogP contribution in [0.3, 0.4) is 0 Å². The van der Waals surface area contributed by atoms with Gasteiger partial charge in [-0.25, -0.2) is 4.98 Å². The first-order valence-electron chi connectivity index (χ1n) is 5.89. The highest BCUT2D eigenvalue weighted by Crippen LogP contribution is 2.40. The highest BCUT2D eigenvalue weighted by molar-refractivity contribution is 6.31. The Morgan fingerprint density at radius 1 is 1.16 bits per heavy atom. The van der Waals surface area contributed by atoms with Gasteiger partial charge in [-0.3, -0.25) is 0 Å². The first-order chi connectivity index (χ1) is 9.29. The van der Waals surface area contributed by atoms with Gasteiger partial charge in [-0.05, 0) is 24.3 Å². The molecule has 0 saturated carbocycles. The number of para-hydroxylation sites is 1. The maximum absolute atomic E-state index is 5.98. The molecule has 2 heterocycles. The lowest BCUT2D eigenvalue weighted by Gasteiger charge is -2.20. The van der Waals surface area contributed by atoms with E-state index in [-0.39, 0.29) is 0 Å². The second kappa shape index (κ2) is 4.97. The fourth-order valence-electron chi connectivity index (χ4n) is 1.99. The zero-order valence-electron chi connectivity index (χ0n) is 10.4. The second-order valence-corrected chi connectivity index (χ2v) is 4.42. The van der Waals surface area contributed by atoms with E-state index in [1.807, 2.05) is 24.3 Å². The van der Waals surface area contributed by atoms with Crippen molar-refractivity contribution in [1.29, 1.82) is 0 Å². The topological polar surface area (TPSA) is 40.6 Å². The third kappa shape index (κ3) is 2.19. The monoisotopic (exact) mass is 277 g/mol. The molecule has 0 radical (unpaired) electrons. The third-order valence-electron chi connectivity index (χ3n) is 2.85. The van der Waals surface area contributed by atoms with Crippen LogP contribution < -0.4 is 14.2 Å². The van der Waals surface area contributed by atoms with Crippen molar-refractivity contribution in [3.63, 3.8) is 0 Å². The number of hydrogen-bond donors (Lipinski definition) is 0. The van der Waals surface area contributed by atoms with E-state index in [0.717, 1.165) is 17.0 Å². The minimum Gasteiger partial charge on any atom is -0.486 e. The zero-order valence-corrected chi connectivity index (χ0v) is 11.1. The van der Waals surface area contributed by atoms with Crippen LogP contribution >= 0.6 is 11.6 Å². The van der Waals surface area contributed by atoms with Crippen molar-refractivity contribution in [3.8, 4) is 28.6 Å². The van der Waals surface area contributed by atoms with Crippen LogP contribution in [0.15, 0.2) is 30.3 Å². The molecule has 0 atom stereocenters. The molecule has 98 valence electrons. The van der Waals surface area contributed by atoms with Gasteiger partial charge in [-0.15, -0.1) is 0 Å². The zero-order chi connectivity index (χ0) is 13.2. The summed E-state index contributed by atoms with van der Waals surface area (Å²) in [6, 6.07) is 9.31. The molecule has 0 aliphatic carbocycles. The summed E-state index contributed by atoms with van der Waals surface area (Å²) < 4.78 is 16.4. The number of benzene rings is 1. The molecular weight excluding hydrogens is 266 g/mol. The maximum atomic E-state index is 5.98. The molecule has 0 saturated heterocycles. The van der Waals surface area contributed by atoms with Gasteiger partial charge < -0.3 is 14.2 Å². The second-order valence-electron chi connectivity index (χ2n) is 4.02. The highest BCUT2D eigenvalue weighted by atomic mass is 35.5. The first-order valence-corrected chi connectivity index (χ1v) is 6.27. The average molecular weight is 278 g/mol. The van der Waals surface area contributed by atoms with Crippen LogP contribution in [0.5, 0.6) is 17.4 Å². The number of fused-ring (bicyclic) bond motifs is 1. The normalized spacial score (nSPS) is 13.2. The van der Waals surface area contributed by atoms with Gasteiger partial charge in [0.25, 0.3) is 0 Å². The molecule has 1 aliphatic heterocycles. The molecule has 0 N–H and O–H groups in total. The van der Waals surface area contributed by atoms with Crippen molar-refractivity contribution in [2.75, 3.05) is 20.3 Å². The lowest BCUT2D eigenvalue weighted by molar-refractivity contribution is 0.172. The van der Waals surface area contributed by atoms with Crippen molar-refractivity contribution < 1.29 is 14.2 Å². The molecular formula is C14H12ClNO3. The lowest BCUT2D eigenvalue weighted by Crippen LogP contribution is -2.15. The Kier molecular flexibility index (Phi) is 3.17. The summed E-state index contributed by atoms with van der Waals surface area (Å²) in [7, 11) is 1.54.